The molecule has 29 heavy (non-hydrogen) atoms. The number of benzene rings is 1. The van der Waals surface area contributed by atoms with Crippen molar-refractivity contribution in [2.24, 2.45) is 0 Å². The van der Waals surface area contributed by atoms with Crippen LogP contribution < -0.4 is 5.32 Å². The maximum atomic E-state index is 12.7. The van der Waals surface area contributed by atoms with Crippen molar-refractivity contribution in [1.82, 2.24) is 25.2 Å². The lowest BCUT2D eigenvalue weighted by atomic mass is 10.2. The van der Waals surface area contributed by atoms with Gasteiger partial charge < -0.3 is 10.1 Å². The highest BCUT2D eigenvalue weighted by Crippen LogP contribution is 2.29. The molecule has 2 atom stereocenters. The highest BCUT2D eigenvalue weighted by molar-refractivity contribution is 7.21. The van der Waals surface area contributed by atoms with Crippen molar-refractivity contribution < 1.29 is 9.53 Å². The van der Waals surface area contributed by atoms with Crippen LogP contribution in [-0.2, 0) is 4.74 Å². The van der Waals surface area contributed by atoms with E-state index in [1.165, 1.54) is 11.3 Å². The summed E-state index contributed by atoms with van der Waals surface area (Å²) in [6.07, 6.45) is 4.52. The summed E-state index contributed by atoms with van der Waals surface area (Å²) < 4.78 is 6.83. The Morgan fingerprint density at radius 1 is 1.21 bits per heavy atom. The topological polar surface area (TPSA) is 80.2 Å². The van der Waals surface area contributed by atoms with E-state index in [4.69, 9.17) is 4.74 Å². The minimum Gasteiger partial charge on any atom is -0.373 e. The molecular weight excluding hydrogens is 386 g/mol. The molecule has 1 aliphatic rings. The number of para-hydroxylation sites is 1. The van der Waals surface area contributed by atoms with E-state index in [1.54, 1.807) is 12.4 Å². The van der Waals surface area contributed by atoms with Gasteiger partial charge in [-0.05, 0) is 32.4 Å². The molecule has 4 rings (SSSR count). The van der Waals surface area contributed by atoms with Gasteiger partial charge in [-0.1, -0.05) is 12.1 Å². The Hall–Kier alpha value is -2.42. The molecule has 0 aliphatic carbocycles. The molecule has 1 amide bonds. The van der Waals surface area contributed by atoms with Gasteiger partial charge in [0.2, 0.25) is 0 Å². The van der Waals surface area contributed by atoms with Gasteiger partial charge >= 0.3 is 0 Å². The van der Waals surface area contributed by atoms with Crippen molar-refractivity contribution in [1.29, 1.82) is 0 Å². The molecule has 8 heteroatoms. The second kappa shape index (κ2) is 8.94. The van der Waals surface area contributed by atoms with Crippen LogP contribution in [0.3, 0.4) is 0 Å². The highest BCUT2D eigenvalue weighted by atomic mass is 32.1. The third kappa shape index (κ3) is 4.77. The van der Waals surface area contributed by atoms with Gasteiger partial charge in [-0.3, -0.25) is 9.69 Å². The van der Waals surface area contributed by atoms with E-state index in [-0.39, 0.29) is 18.1 Å². The summed E-state index contributed by atoms with van der Waals surface area (Å²) in [6, 6.07) is 7.90. The predicted octanol–water partition coefficient (Wildman–Crippen LogP) is 2.98. The van der Waals surface area contributed by atoms with E-state index in [1.807, 2.05) is 24.3 Å². The van der Waals surface area contributed by atoms with Crippen molar-refractivity contribution in [3.8, 4) is 10.7 Å². The summed E-state index contributed by atoms with van der Waals surface area (Å²) in [7, 11) is 0. The van der Waals surface area contributed by atoms with E-state index in [0.717, 1.165) is 36.3 Å². The molecule has 2 aromatic heterocycles. The normalized spacial score (nSPS) is 20.1. The molecule has 1 fully saturated rings. The Bertz CT molecular complexity index is 949. The number of rotatable bonds is 6. The zero-order chi connectivity index (χ0) is 20.2. The van der Waals surface area contributed by atoms with Crippen molar-refractivity contribution >= 4 is 27.5 Å². The molecule has 1 aliphatic heterocycles. The maximum absolute atomic E-state index is 12.7. The SMILES string of the molecule is C[C@@H]1CN(CCCNC(=O)c2nccnc2-c2nc3ccccc3s2)C[C@@H](C)O1. The van der Waals surface area contributed by atoms with Gasteiger partial charge in [0.1, 0.15) is 10.7 Å². The number of amides is 1. The Labute approximate surface area is 174 Å². The number of nitrogens with one attached hydrogen (secondary N) is 1. The molecule has 7 nitrogen and oxygen atoms in total. The average Bonchev–Trinajstić information content (AvgIpc) is 3.14. The highest BCUT2D eigenvalue weighted by Gasteiger charge is 2.22. The minimum absolute atomic E-state index is 0.212. The summed E-state index contributed by atoms with van der Waals surface area (Å²) in [5, 5.41) is 3.69. The van der Waals surface area contributed by atoms with E-state index in [0.29, 0.717) is 22.9 Å². The number of thiazole rings is 1. The van der Waals surface area contributed by atoms with Crippen molar-refractivity contribution in [2.45, 2.75) is 32.5 Å². The Morgan fingerprint density at radius 3 is 2.76 bits per heavy atom. The molecule has 0 spiro atoms. The lowest BCUT2D eigenvalue weighted by molar-refractivity contribution is -0.0679. The van der Waals surface area contributed by atoms with Crippen LogP contribution >= 0.6 is 11.3 Å². The zero-order valence-electron chi connectivity index (χ0n) is 16.7. The van der Waals surface area contributed by atoms with Gasteiger partial charge in [0.05, 0.1) is 22.4 Å². The number of morpholine rings is 1. The molecule has 1 saturated heterocycles. The van der Waals surface area contributed by atoms with E-state index >= 15 is 0 Å². The first kappa shape index (κ1) is 19.9. The molecule has 1 aromatic carbocycles. The van der Waals surface area contributed by atoms with Crippen LogP contribution in [0.1, 0.15) is 30.8 Å². The minimum atomic E-state index is -0.212. The lowest BCUT2D eigenvalue weighted by Crippen LogP contribution is -2.46. The summed E-state index contributed by atoms with van der Waals surface area (Å²) in [5.74, 6) is -0.212. The molecule has 3 heterocycles. The fourth-order valence-electron chi connectivity index (χ4n) is 3.69. The molecule has 1 N–H and O–H groups in total. The maximum Gasteiger partial charge on any atom is 0.272 e. The summed E-state index contributed by atoms with van der Waals surface area (Å²) in [5.41, 5.74) is 1.75. The van der Waals surface area contributed by atoms with E-state index in [9.17, 15) is 4.79 Å². The second-order valence-electron chi connectivity index (χ2n) is 7.37. The standard InChI is InChI=1S/C21H25N5O2S/c1-14-12-26(13-15(2)28-14)11-5-8-24-20(27)18-19(23-10-9-22-18)21-25-16-6-3-4-7-17(16)29-21/h3-4,6-7,9-10,14-15H,5,8,11-13H2,1-2H3,(H,24,27)/t14-,15-/m1/s1. The number of hydrogen-bond donors (Lipinski definition) is 1. The van der Waals surface area contributed by atoms with Crippen LogP contribution in [0, 0.1) is 0 Å². The Morgan fingerprint density at radius 2 is 1.97 bits per heavy atom. The first-order valence-corrected chi connectivity index (χ1v) is 10.7. The molecular formula is C21H25N5O2S. The van der Waals surface area contributed by atoms with Gasteiger partial charge in [-0.15, -0.1) is 11.3 Å². The molecule has 0 saturated carbocycles. The van der Waals surface area contributed by atoms with Gasteiger partial charge in [0, 0.05) is 38.6 Å². The molecule has 152 valence electrons. The molecule has 0 unspecified atom stereocenters. The summed E-state index contributed by atoms with van der Waals surface area (Å²) in [6.45, 7) is 7.59. The first-order chi connectivity index (χ1) is 14.1. The quantitative estimate of drug-likeness (QED) is 0.628. The van der Waals surface area contributed by atoms with Crippen molar-refractivity contribution in [3.63, 3.8) is 0 Å². The van der Waals surface area contributed by atoms with E-state index in [2.05, 4.69) is 39.0 Å². The summed E-state index contributed by atoms with van der Waals surface area (Å²) >= 11 is 1.52. The zero-order valence-corrected chi connectivity index (χ0v) is 17.5. The van der Waals surface area contributed by atoms with Crippen LogP contribution in [-0.4, -0.2) is 64.1 Å². The molecule has 0 bridgehead atoms. The Balaban J connectivity index is 1.38. The number of ether oxygens (including phenoxy) is 1. The molecule has 3 aromatic rings. The lowest BCUT2D eigenvalue weighted by Gasteiger charge is -2.35. The van der Waals surface area contributed by atoms with Crippen molar-refractivity contribution in [2.75, 3.05) is 26.2 Å². The number of carbonyl (C=O) groups is 1. The fraction of sp³-hybridized carbons (Fsp3) is 0.429. The van der Waals surface area contributed by atoms with Gasteiger partial charge in [0.15, 0.2) is 5.69 Å². The number of hydrogen-bond acceptors (Lipinski definition) is 7. The Kier molecular flexibility index (Phi) is 6.13. The van der Waals surface area contributed by atoms with Gasteiger partial charge in [0.25, 0.3) is 5.91 Å². The largest absolute Gasteiger partial charge is 0.373 e. The first-order valence-electron chi connectivity index (χ1n) is 9.93. The third-order valence-corrected chi connectivity index (χ3v) is 5.88. The van der Waals surface area contributed by atoms with Crippen LogP contribution in [0.4, 0.5) is 0 Å². The number of aromatic nitrogens is 3. The van der Waals surface area contributed by atoms with Crippen LogP contribution in [0.2, 0.25) is 0 Å². The number of fused-ring (bicyclic) bond motifs is 1. The van der Waals surface area contributed by atoms with Gasteiger partial charge in [-0.2, -0.15) is 0 Å². The van der Waals surface area contributed by atoms with Crippen LogP contribution in [0.25, 0.3) is 20.9 Å². The third-order valence-electron chi connectivity index (χ3n) is 4.84. The van der Waals surface area contributed by atoms with Crippen molar-refractivity contribution in [3.05, 3.63) is 42.4 Å². The second-order valence-corrected chi connectivity index (χ2v) is 8.40. The average molecular weight is 412 g/mol. The van der Waals surface area contributed by atoms with Gasteiger partial charge in [-0.25, -0.2) is 15.0 Å². The monoisotopic (exact) mass is 411 g/mol. The van der Waals surface area contributed by atoms with Crippen LogP contribution in [0.15, 0.2) is 36.7 Å². The fourth-order valence-corrected chi connectivity index (χ4v) is 4.65. The summed E-state index contributed by atoms with van der Waals surface area (Å²) in [4.78, 5) is 28.4. The van der Waals surface area contributed by atoms with Crippen LogP contribution in [0.5, 0.6) is 0 Å². The smallest absolute Gasteiger partial charge is 0.272 e. The number of carbonyl (C=O) groups excluding carboxylic acids is 1. The predicted molar refractivity (Wildman–Crippen MR) is 114 cm³/mol. The van der Waals surface area contributed by atoms with E-state index < -0.39 is 0 Å². The molecule has 0 radical (unpaired) electrons. The number of nitrogens with zero attached hydrogens (tertiary/aromatic N) is 4.